The second-order valence-electron chi connectivity index (χ2n) is 1.25. The van der Waals surface area contributed by atoms with E-state index in [0.29, 0.717) is 0 Å². The van der Waals surface area contributed by atoms with Crippen molar-refractivity contribution in [2.45, 2.75) is 0 Å². The molecule has 0 bridgehead atoms. The zero-order valence-corrected chi connectivity index (χ0v) is 5.90. The van der Waals surface area contributed by atoms with Crippen molar-refractivity contribution in [1.29, 1.82) is 0 Å². The Bertz CT molecular complexity index is 90.2. The molecule has 1 aliphatic heterocycles. The summed E-state index contributed by atoms with van der Waals surface area (Å²) in [5.41, 5.74) is 0. The first-order valence-electron chi connectivity index (χ1n) is 2.08. The maximum atomic E-state index is 4.04. The number of guanidine groups is 1. The third kappa shape index (κ3) is 1.19. The van der Waals surface area contributed by atoms with Gasteiger partial charge in [0.1, 0.15) is 0 Å². The molecule has 0 aromatic rings. The Morgan fingerprint density at radius 2 is 2.71 bits per heavy atom. The van der Waals surface area contributed by atoms with Crippen LogP contribution in [0.15, 0.2) is 4.99 Å². The van der Waals surface area contributed by atoms with Gasteiger partial charge in [-0.15, -0.1) is 0 Å². The average Bonchev–Trinajstić information content (AvgIpc) is 2.14. The minimum absolute atomic E-state index is 0.903. The van der Waals surface area contributed by atoms with E-state index in [1.165, 1.54) is 0 Å². The van der Waals surface area contributed by atoms with Crippen molar-refractivity contribution in [1.82, 2.24) is 8.85 Å². The van der Waals surface area contributed by atoms with E-state index in [1.54, 1.807) is 0 Å². The highest BCUT2D eigenvalue weighted by molar-refractivity contribution is 14.1. The summed E-state index contributed by atoms with van der Waals surface area (Å²) < 4.78 is 2.87. The lowest BCUT2D eigenvalue weighted by molar-refractivity contribution is 0.955. The highest BCUT2D eigenvalue weighted by atomic mass is 127. The lowest BCUT2D eigenvalue weighted by atomic mass is 10.7. The summed E-state index contributed by atoms with van der Waals surface area (Å²) in [6.07, 6.45) is 0. The minimum atomic E-state index is 0.903. The van der Waals surface area contributed by atoms with Crippen LogP contribution in [0.3, 0.4) is 0 Å². The Balaban J connectivity index is 2.36. The number of hydrogen-bond donors (Lipinski definition) is 2. The molecule has 40 valence electrons. The van der Waals surface area contributed by atoms with Crippen LogP contribution in [0.2, 0.25) is 0 Å². The van der Waals surface area contributed by atoms with E-state index in [9.17, 15) is 0 Å². The highest BCUT2D eigenvalue weighted by Crippen LogP contribution is 1.81. The van der Waals surface area contributed by atoms with Crippen LogP contribution in [0.25, 0.3) is 0 Å². The smallest absolute Gasteiger partial charge is 0.200 e. The lowest BCUT2D eigenvalue weighted by Crippen LogP contribution is -2.26. The Morgan fingerprint density at radius 3 is 3.00 bits per heavy atom. The summed E-state index contributed by atoms with van der Waals surface area (Å²) in [4.78, 5) is 4.04. The molecule has 0 saturated carbocycles. The van der Waals surface area contributed by atoms with Crippen LogP contribution < -0.4 is 8.85 Å². The van der Waals surface area contributed by atoms with Gasteiger partial charge < -0.3 is 5.32 Å². The van der Waals surface area contributed by atoms with E-state index in [2.05, 4.69) is 13.8 Å². The van der Waals surface area contributed by atoms with Gasteiger partial charge in [-0.2, -0.15) is 0 Å². The second kappa shape index (κ2) is 2.34. The molecule has 2 N–H and O–H groups in total. The van der Waals surface area contributed by atoms with Gasteiger partial charge in [0.15, 0.2) is 5.96 Å². The molecule has 0 aromatic heterocycles. The molecule has 0 aromatic carbocycles. The molecule has 0 spiro atoms. The van der Waals surface area contributed by atoms with Crippen LogP contribution in [-0.2, 0) is 0 Å². The van der Waals surface area contributed by atoms with E-state index in [0.717, 1.165) is 19.0 Å². The quantitative estimate of drug-likeness (QED) is 0.433. The molecule has 0 aliphatic carbocycles. The number of halogens is 1. The number of nitrogens with zero attached hydrogens (tertiary/aromatic N) is 1. The lowest BCUT2D eigenvalue weighted by Gasteiger charge is -1.93. The maximum absolute atomic E-state index is 4.04. The first-order valence-corrected chi connectivity index (χ1v) is 3.16. The van der Waals surface area contributed by atoms with Crippen LogP contribution in [-0.4, -0.2) is 19.0 Å². The SMILES string of the molecule is INC1=NCCN1. The number of rotatable bonds is 0. The van der Waals surface area contributed by atoms with Crippen LogP contribution in [0, 0.1) is 0 Å². The molecule has 0 radical (unpaired) electrons. The average molecular weight is 211 g/mol. The van der Waals surface area contributed by atoms with Crippen molar-refractivity contribution in [2.24, 2.45) is 4.99 Å². The number of nitrogens with one attached hydrogen (secondary N) is 2. The van der Waals surface area contributed by atoms with Crippen molar-refractivity contribution in [3.8, 4) is 0 Å². The summed E-state index contributed by atoms with van der Waals surface area (Å²) in [5.74, 6) is 0.903. The van der Waals surface area contributed by atoms with Crippen molar-refractivity contribution in [3.63, 3.8) is 0 Å². The molecule has 1 heterocycles. The maximum Gasteiger partial charge on any atom is 0.200 e. The van der Waals surface area contributed by atoms with Gasteiger partial charge >= 0.3 is 0 Å². The summed E-state index contributed by atoms with van der Waals surface area (Å²) in [6, 6.07) is 0. The Kier molecular flexibility index (Phi) is 1.72. The Labute approximate surface area is 56.1 Å². The van der Waals surface area contributed by atoms with Gasteiger partial charge in [-0.05, 0) is 0 Å². The number of aliphatic imine (C=N–C) groups is 1. The minimum Gasteiger partial charge on any atom is -0.354 e. The first-order chi connectivity index (χ1) is 3.43. The molecular weight excluding hydrogens is 205 g/mol. The van der Waals surface area contributed by atoms with Gasteiger partial charge in [0.25, 0.3) is 0 Å². The van der Waals surface area contributed by atoms with Crippen LogP contribution in [0.5, 0.6) is 0 Å². The molecule has 0 unspecified atom stereocenters. The highest BCUT2D eigenvalue weighted by Gasteiger charge is 1.98. The molecule has 0 atom stereocenters. The zero-order valence-electron chi connectivity index (χ0n) is 3.74. The van der Waals surface area contributed by atoms with E-state index in [1.807, 2.05) is 22.9 Å². The van der Waals surface area contributed by atoms with Crippen molar-refractivity contribution in [2.75, 3.05) is 13.1 Å². The van der Waals surface area contributed by atoms with Crippen molar-refractivity contribution in [3.05, 3.63) is 0 Å². The zero-order chi connectivity index (χ0) is 5.11. The standard InChI is InChI=1S/C3H6IN3/c4-7-3-5-1-2-6-3/h1-2H2,(H2,5,6,7). The van der Waals surface area contributed by atoms with Gasteiger partial charge in [-0.1, -0.05) is 0 Å². The molecular formula is C3H6IN3. The molecule has 4 heteroatoms. The normalized spacial score (nSPS) is 18.1. The van der Waals surface area contributed by atoms with Gasteiger partial charge in [0, 0.05) is 6.54 Å². The largest absolute Gasteiger partial charge is 0.354 e. The fourth-order valence-corrected chi connectivity index (χ4v) is 0.822. The third-order valence-electron chi connectivity index (χ3n) is 0.764. The van der Waals surface area contributed by atoms with Gasteiger partial charge in [-0.3, -0.25) is 8.52 Å². The van der Waals surface area contributed by atoms with E-state index in [-0.39, 0.29) is 0 Å². The summed E-state index contributed by atoms with van der Waals surface area (Å²) >= 11 is 2.05. The van der Waals surface area contributed by atoms with Gasteiger partial charge in [0.2, 0.25) is 0 Å². The molecule has 3 nitrogen and oxygen atoms in total. The predicted octanol–water partition coefficient (Wildman–Crippen LogP) is -0.115. The topological polar surface area (TPSA) is 36.4 Å². The van der Waals surface area contributed by atoms with Crippen LogP contribution >= 0.6 is 22.9 Å². The van der Waals surface area contributed by atoms with Crippen molar-refractivity contribution < 1.29 is 0 Å². The third-order valence-corrected chi connectivity index (χ3v) is 1.27. The van der Waals surface area contributed by atoms with Crippen LogP contribution in [0.1, 0.15) is 0 Å². The van der Waals surface area contributed by atoms with Crippen molar-refractivity contribution >= 4 is 28.8 Å². The molecule has 1 rings (SSSR count). The van der Waals surface area contributed by atoms with E-state index >= 15 is 0 Å². The Morgan fingerprint density at radius 1 is 1.86 bits per heavy atom. The van der Waals surface area contributed by atoms with Gasteiger partial charge in [-0.25, -0.2) is 0 Å². The molecule has 0 amide bonds. The fraction of sp³-hybridized carbons (Fsp3) is 0.667. The predicted molar refractivity (Wildman–Crippen MR) is 37.5 cm³/mol. The van der Waals surface area contributed by atoms with E-state index < -0.39 is 0 Å². The first kappa shape index (κ1) is 5.14. The molecule has 1 aliphatic rings. The molecule has 0 fully saturated rings. The van der Waals surface area contributed by atoms with Crippen LogP contribution in [0.4, 0.5) is 0 Å². The van der Waals surface area contributed by atoms with E-state index in [4.69, 9.17) is 0 Å². The monoisotopic (exact) mass is 211 g/mol. The fourth-order valence-electron chi connectivity index (χ4n) is 0.461. The molecule has 7 heavy (non-hydrogen) atoms. The summed E-state index contributed by atoms with van der Waals surface area (Å²) in [6.45, 7) is 1.89. The number of hydrogen-bond acceptors (Lipinski definition) is 3. The summed E-state index contributed by atoms with van der Waals surface area (Å²) in [5, 5.41) is 3.04. The van der Waals surface area contributed by atoms with Gasteiger partial charge in [0.05, 0.1) is 29.4 Å². The summed E-state index contributed by atoms with van der Waals surface area (Å²) in [7, 11) is 0. The molecule has 0 saturated heterocycles. The Hall–Kier alpha value is 0. The second-order valence-corrected chi connectivity index (χ2v) is 1.79.